The first-order chi connectivity index (χ1) is 7.38. The monoisotopic (exact) mass is 184 g/mol. The molecule has 68 valence electrons. The zero-order valence-corrected chi connectivity index (χ0v) is 7.67. The molecule has 0 saturated carbocycles. The fourth-order valence-electron chi connectivity index (χ4n) is 1.26. The van der Waals surface area contributed by atoms with E-state index in [4.69, 9.17) is 6.80 Å². The molecule has 0 aliphatic rings. The average molecular weight is 184 g/mol. The highest BCUT2D eigenvalue weighted by Crippen LogP contribution is 2.17. The quantitative estimate of drug-likeness (QED) is 0.673. The van der Waals surface area contributed by atoms with E-state index in [-0.39, 0.29) is 0 Å². The molecule has 2 nitrogen and oxygen atoms in total. The fraction of sp³-hybridized carbons (Fsp3) is 0. The van der Waals surface area contributed by atoms with Crippen LogP contribution in [0.3, 0.4) is 0 Å². The molecule has 14 heavy (non-hydrogen) atoms. The van der Waals surface area contributed by atoms with E-state index in [9.17, 15) is 0 Å². The first kappa shape index (κ1) is 8.46. The second-order valence-corrected chi connectivity index (χ2v) is 2.73. The van der Waals surface area contributed by atoms with Gasteiger partial charge in [-0.2, -0.15) is 0 Å². The lowest BCUT2D eigenvalue weighted by Gasteiger charge is -1.98. The van der Waals surface area contributed by atoms with Crippen LogP contribution in [-0.4, -0.2) is 0 Å². The van der Waals surface area contributed by atoms with Crippen molar-refractivity contribution >= 4 is 0 Å². The molecule has 0 bridgehead atoms. The van der Waals surface area contributed by atoms with Gasteiger partial charge in [-0.15, -0.1) is 0 Å². The summed E-state index contributed by atoms with van der Waals surface area (Å²) in [6.45, 7) is 0. The minimum atomic E-state index is 1.28. The molecule has 2 aromatic carbocycles. The molecule has 0 aromatic heterocycles. The number of hydrogen-bond acceptors (Lipinski definition) is 1. The molecule has 1 N–H and O–H groups in total. The summed E-state index contributed by atoms with van der Waals surface area (Å²) in [6.07, 6.45) is 0. The van der Waals surface area contributed by atoms with Crippen LogP contribution >= 0.6 is 0 Å². The highest BCUT2D eigenvalue weighted by atomic mass is 14.6. The van der Waals surface area contributed by atoms with Crippen LogP contribution in [0.4, 0.5) is 0 Å². The molecule has 0 saturated heterocycles. The predicted molar refractivity (Wildman–Crippen MR) is 54.6 cm³/mol. The van der Waals surface area contributed by atoms with Gasteiger partial charge in [-0.05, 0) is 11.1 Å². The van der Waals surface area contributed by atoms with Crippen LogP contribution in [0.15, 0.2) is 60.7 Å². The lowest BCUT2D eigenvalue weighted by atomic mass is 10.1. The molecule has 2 heteroatoms. The molecule has 0 atom stereocenters. The SMILES string of the molecule is [2H][N+]#N.c1ccc(-c2ccccc2)cc1. The maximum Gasteiger partial charge on any atom is 0.690 e. The summed E-state index contributed by atoms with van der Waals surface area (Å²) in [7, 11) is 0. The van der Waals surface area contributed by atoms with Gasteiger partial charge < -0.3 is 0 Å². The smallest absolute Gasteiger partial charge is 0.0622 e. The number of nitrogens with zero attached hydrogens (tertiary/aromatic N) is 1. The molecule has 0 aliphatic carbocycles. The largest absolute Gasteiger partial charge is 0.690 e. The molecule has 0 spiro atoms. The average Bonchev–Trinajstić information content (AvgIpc) is 2.32. The highest BCUT2D eigenvalue weighted by Gasteiger charge is 1.91. The summed E-state index contributed by atoms with van der Waals surface area (Å²) in [6, 6.07) is 20.8. The van der Waals surface area contributed by atoms with Crippen LogP contribution in [0.1, 0.15) is 0 Å². The number of benzene rings is 2. The molecule has 0 amide bonds. The van der Waals surface area contributed by atoms with Gasteiger partial charge in [0.15, 0.2) is 0 Å². The van der Waals surface area contributed by atoms with Crippen LogP contribution in [0, 0.1) is 5.39 Å². The van der Waals surface area contributed by atoms with Crippen LogP contribution in [-0.2, 0) is 0 Å². The first-order valence-corrected chi connectivity index (χ1v) is 4.27. The summed E-state index contributed by atoms with van der Waals surface area (Å²) in [5, 5.41) is 8.61. The topological polar surface area (TPSA) is 47.6 Å². The summed E-state index contributed by atoms with van der Waals surface area (Å²) in [4.78, 5) is 0. The van der Waals surface area contributed by atoms with Gasteiger partial charge in [0.25, 0.3) is 0 Å². The van der Waals surface area contributed by atoms with Crippen LogP contribution in [0.5, 0.6) is 0 Å². The molecule has 0 radical (unpaired) electrons. The van der Waals surface area contributed by atoms with Gasteiger partial charge in [-0.3, -0.25) is 0 Å². The van der Waals surface area contributed by atoms with Crippen LogP contribution in [0.25, 0.3) is 11.1 Å². The van der Waals surface area contributed by atoms with Crippen LogP contribution in [0.2, 0.25) is 1.41 Å². The second kappa shape index (κ2) is 5.50. The van der Waals surface area contributed by atoms with Crippen molar-refractivity contribution in [2.24, 2.45) is 0 Å². The van der Waals surface area contributed by atoms with Crippen LogP contribution < -0.4 is 5.39 Å². The van der Waals surface area contributed by atoms with Gasteiger partial charge in [-0.1, -0.05) is 60.7 Å². The Balaban J connectivity index is 0.000000337. The number of hydrogen-bond donors (Lipinski definition) is 1. The molecular formula is C12H11N2+. The number of rotatable bonds is 1. The normalized spacial score (nSPS) is 8.93. The van der Waals surface area contributed by atoms with E-state index in [1.54, 1.807) is 5.39 Å². The van der Waals surface area contributed by atoms with Gasteiger partial charge in [-0.25, -0.2) is 0 Å². The second-order valence-electron chi connectivity index (χ2n) is 2.73. The summed E-state index contributed by atoms with van der Waals surface area (Å²) in [5.74, 6) is 0. The van der Waals surface area contributed by atoms with E-state index < -0.39 is 0 Å². The molecule has 0 heterocycles. The summed E-state index contributed by atoms with van der Waals surface area (Å²) >= 11 is 0. The third-order valence-corrected chi connectivity index (χ3v) is 1.88. The molecular weight excluding hydrogens is 172 g/mol. The van der Waals surface area contributed by atoms with Gasteiger partial charge >= 0.3 is 1.41 Å². The number of diazo groups is 1. The third-order valence-electron chi connectivity index (χ3n) is 1.88. The van der Waals surface area contributed by atoms with Gasteiger partial charge in [0, 0.05) is 0 Å². The van der Waals surface area contributed by atoms with Crippen molar-refractivity contribution in [1.29, 1.82) is 5.39 Å². The van der Waals surface area contributed by atoms with Gasteiger partial charge in [0.05, 0.1) is 5.39 Å². The molecule has 2 aromatic rings. The van der Waals surface area contributed by atoms with E-state index in [2.05, 4.69) is 48.5 Å². The fourth-order valence-corrected chi connectivity index (χ4v) is 1.26. The summed E-state index contributed by atoms with van der Waals surface area (Å²) < 4.78 is 5.39. The maximum atomic E-state index is 6.86. The van der Waals surface area contributed by atoms with E-state index >= 15 is 0 Å². The van der Waals surface area contributed by atoms with E-state index in [1.165, 1.54) is 11.1 Å². The molecule has 2 rings (SSSR count). The van der Waals surface area contributed by atoms with E-state index in [0.717, 1.165) is 0 Å². The Morgan fingerprint density at radius 3 is 1.36 bits per heavy atom. The third kappa shape index (κ3) is 2.43. The highest BCUT2D eigenvalue weighted by molar-refractivity contribution is 5.62. The minimum Gasteiger partial charge on any atom is -0.0622 e. The Morgan fingerprint density at radius 2 is 1.07 bits per heavy atom. The Morgan fingerprint density at radius 1 is 0.786 bits per heavy atom. The zero-order chi connectivity index (χ0) is 10.9. The first-order valence-electron chi connectivity index (χ1n) is 4.72. The van der Waals surface area contributed by atoms with Crippen molar-refractivity contribution in [3.8, 4) is 11.1 Å². The Bertz CT molecular complexity index is 383. The standard InChI is InChI=1S/C12H10.N2/c1-3-7-11(8-4-1)12-9-5-2-6-10-12;1-2/h1-10H;/p+1/i/hD. The van der Waals surface area contributed by atoms with Crippen molar-refractivity contribution in [2.75, 3.05) is 0 Å². The summed E-state index contributed by atoms with van der Waals surface area (Å²) in [5.41, 5.74) is 2.55. The van der Waals surface area contributed by atoms with Crippen molar-refractivity contribution in [3.63, 3.8) is 0 Å². The van der Waals surface area contributed by atoms with Crippen molar-refractivity contribution in [1.82, 2.24) is 0 Å². The Kier molecular flexibility index (Phi) is 3.32. The lowest BCUT2D eigenvalue weighted by Crippen LogP contribution is -2.11. The van der Waals surface area contributed by atoms with Crippen molar-refractivity contribution in [2.45, 2.75) is 0 Å². The maximum absolute atomic E-state index is 6.86. The Labute approximate surface area is 84.7 Å². The molecule has 0 unspecified atom stereocenters. The van der Waals surface area contributed by atoms with Gasteiger partial charge in [0.1, 0.15) is 0 Å². The number of nitrogens with one attached hydrogen (secondary N) is 1. The Hall–Kier alpha value is -2.14. The van der Waals surface area contributed by atoms with Crippen molar-refractivity contribution in [3.05, 3.63) is 60.7 Å². The minimum absolute atomic E-state index is 1.28. The van der Waals surface area contributed by atoms with Gasteiger partial charge in [0.2, 0.25) is 5.39 Å². The van der Waals surface area contributed by atoms with E-state index in [1.807, 2.05) is 12.1 Å². The predicted octanol–water partition coefficient (Wildman–Crippen LogP) is 1.63. The van der Waals surface area contributed by atoms with E-state index in [0.29, 0.717) is 0 Å². The molecule has 0 aliphatic heterocycles. The van der Waals surface area contributed by atoms with Crippen molar-refractivity contribution < 1.29 is 6.80 Å². The zero-order valence-electron chi connectivity index (χ0n) is 8.67. The lowest BCUT2D eigenvalue weighted by molar-refractivity contribution is -0.175. The molecule has 0 fully saturated rings.